The van der Waals surface area contributed by atoms with Gasteiger partial charge in [0.15, 0.2) is 11.5 Å². The molecule has 98 valence electrons. The molecule has 0 aromatic heterocycles. The Morgan fingerprint density at radius 2 is 2.17 bits per heavy atom. The third kappa shape index (κ3) is 3.37. The van der Waals surface area contributed by atoms with E-state index in [-0.39, 0.29) is 12.7 Å². The van der Waals surface area contributed by atoms with Crippen molar-refractivity contribution in [2.45, 2.75) is 19.9 Å². The number of benzene rings is 1. The summed E-state index contributed by atoms with van der Waals surface area (Å²) < 4.78 is 10.5. The third-order valence-electron chi connectivity index (χ3n) is 2.71. The summed E-state index contributed by atoms with van der Waals surface area (Å²) in [5.41, 5.74) is 1.01. The number of carbonyl (C=O) groups is 1. The van der Waals surface area contributed by atoms with Crippen molar-refractivity contribution in [1.82, 2.24) is 10.6 Å². The van der Waals surface area contributed by atoms with Crippen molar-refractivity contribution in [3.63, 3.8) is 0 Å². The van der Waals surface area contributed by atoms with E-state index in [1.807, 2.05) is 25.1 Å². The van der Waals surface area contributed by atoms with Crippen molar-refractivity contribution in [3.05, 3.63) is 23.8 Å². The topological polar surface area (TPSA) is 59.6 Å². The summed E-state index contributed by atoms with van der Waals surface area (Å²) in [6.45, 7) is 4.40. The summed E-state index contributed by atoms with van der Waals surface area (Å²) in [5.74, 6) is 1.56. The Balaban J connectivity index is 1.78. The lowest BCUT2D eigenvalue weighted by Gasteiger charge is -2.06. The first kappa shape index (κ1) is 12.7. The van der Waals surface area contributed by atoms with Gasteiger partial charge in [-0.2, -0.15) is 0 Å². The number of hydrogen-bond donors (Lipinski definition) is 2. The van der Waals surface area contributed by atoms with Crippen LogP contribution in [0.4, 0.5) is 0 Å². The molecule has 0 spiro atoms. The number of carbonyl (C=O) groups excluding carboxylic acids is 1. The third-order valence-corrected chi connectivity index (χ3v) is 2.71. The molecule has 2 rings (SSSR count). The first-order chi connectivity index (χ1) is 8.79. The first-order valence-corrected chi connectivity index (χ1v) is 6.15. The highest BCUT2D eigenvalue weighted by Gasteiger charge is 2.13. The number of amides is 1. The number of ether oxygens (including phenoxy) is 2. The minimum Gasteiger partial charge on any atom is -0.454 e. The fourth-order valence-electron chi connectivity index (χ4n) is 1.72. The molecule has 5 heteroatoms. The van der Waals surface area contributed by atoms with Crippen molar-refractivity contribution in [3.8, 4) is 11.5 Å². The molecule has 1 amide bonds. The second-order valence-corrected chi connectivity index (χ2v) is 4.07. The molecule has 18 heavy (non-hydrogen) atoms. The highest BCUT2D eigenvalue weighted by atomic mass is 16.7. The maximum absolute atomic E-state index is 11.5. The van der Waals surface area contributed by atoms with Crippen LogP contribution in [0.25, 0.3) is 0 Å². The van der Waals surface area contributed by atoms with Crippen molar-refractivity contribution in [2.24, 2.45) is 0 Å². The zero-order chi connectivity index (χ0) is 12.8. The summed E-state index contributed by atoms with van der Waals surface area (Å²) in [6, 6.07) is 5.69. The van der Waals surface area contributed by atoms with Gasteiger partial charge in [0.05, 0.1) is 0 Å². The summed E-state index contributed by atoms with van der Waals surface area (Å²) in [4.78, 5) is 11.5. The molecule has 1 heterocycles. The molecule has 2 N–H and O–H groups in total. The average Bonchev–Trinajstić information content (AvgIpc) is 2.84. The Labute approximate surface area is 106 Å². The van der Waals surface area contributed by atoms with Crippen LogP contribution in [0, 0.1) is 0 Å². The maximum Gasteiger partial charge on any atom is 0.231 e. The average molecular weight is 250 g/mol. The lowest BCUT2D eigenvalue weighted by molar-refractivity contribution is -0.121. The molecule has 1 aliphatic heterocycles. The van der Waals surface area contributed by atoms with Crippen molar-refractivity contribution in [2.75, 3.05) is 19.9 Å². The molecule has 0 fully saturated rings. The molecule has 0 radical (unpaired) electrons. The van der Waals surface area contributed by atoms with Gasteiger partial charge in [-0.05, 0) is 24.2 Å². The smallest absolute Gasteiger partial charge is 0.231 e. The van der Waals surface area contributed by atoms with Crippen LogP contribution in [0.2, 0.25) is 0 Å². The van der Waals surface area contributed by atoms with Crippen LogP contribution >= 0.6 is 0 Å². The SMILES string of the molecule is CCNCCC(=O)NCc1ccc2c(c1)OCO2. The van der Waals surface area contributed by atoms with Gasteiger partial charge in [0.2, 0.25) is 12.7 Å². The normalized spacial score (nSPS) is 12.5. The molecule has 0 saturated carbocycles. The van der Waals surface area contributed by atoms with Gasteiger partial charge in [0.1, 0.15) is 0 Å². The van der Waals surface area contributed by atoms with Crippen LogP contribution in [-0.4, -0.2) is 25.8 Å². The Morgan fingerprint density at radius 1 is 1.33 bits per heavy atom. The van der Waals surface area contributed by atoms with Gasteiger partial charge in [-0.1, -0.05) is 13.0 Å². The Morgan fingerprint density at radius 3 is 3.00 bits per heavy atom. The highest BCUT2D eigenvalue weighted by molar-refractivity contribution is 5.76. The van der Waals surface area contributed by atoms with E-state index in [2.05, 4.69) is 10.6 Å². The van der Waals surface area contributed by atoms with Crippen LogP contribution in [0.5, 0.6) is 11.5 Å². The first-order valence-electron chi connectivity index (χ1n) is 6.15. The van der Waals surface area contributed by atoms with E-state index in [0.717, 1.165) is 23.6 Å². The number of nitrogens with one attached hydrogen (secondary N) is 2. The summed E-state index contributed by atoms with van der Waals surface area (Å²) in [7, 11) is 0. The largest absolute Gasteiger partial charge is 0.454 e. The predicted molar refractivity (Wildman–Crippen MR) is 67.6 cm³/mol. The lowest BCUT2D eigenvalue weighted by Crippen LogP contribution is -2.27. The maximum atomic E-state index is 11.5. The van der Waals surface area contributed by atoms with E-state index in [1.165, 1.54) is 0 Å². The van der Waals surface area contributed by atoms with Crippen LogP contribution in [0.1, 0.15) is 18.9 Å². The standard InChI is InChI=1S/C13H18N2O3/c1-2-14-6-5-13(16)15-8-10-3-4-11-12(7-10)18-9-17-11/h3-4,7,14H,2,5-6,8-9H2,1H3,(H,15,16). The zero-order valence-corrected chi connectivity index (χ0v) is 10.5. The van der Waals surface area contributed by atoms with Crippen LogP contribution in [0.15, 0.2) is 18.2 Å². The summed E-state index contributed by atoms with van der Waals surface area (Å²) in [5, 5.41) is 5.99. The summed E-state index contributed by atoms with van der Waals surface area (Å²) in [6.07, 6.45) is 0.498. The zero-order valence-electron chi connectivity index (χ0n) is 10.5. The highest BCUT2D eigenvalue weighted by Crippen LogP contribution is 2.32. The number of fused-ring (bicyclic) bond motifs is 1. The Bertz CT molecular complexity index is 421. The van der Waals surface area contributed by atoms with E-state index in [1.54, 1.807) is 0 Å². The minimum atomic E-state index is 0.0496. The predicted octanol–water partition coefficient (Wildman–Crippen LogP) is 1.03. The second kappa shape index (κ2) is 6.26. The Kier molecular flexibility index (Phi) is 4.41. The van der Waals surface area contributed by atoms with E-state index in [4.69, 9.17) is 9.47 Å². The van der Waals surface area contributed by atoms with Gasteiger partial charge in [-0.25, -0.2) is 0 Å². The monoisotopic (exact) mass is 250 g/mol. The van der Waals surface area contributed by atoms with E-state index < -0.39 is 0 Å². The lowest BCUT2D eigenvalue weighted by atomic mass is 10.2. The van der Waals surface area contributed by atoms with Crippen molar-refractivity contribution >= 4 is 5.91 Å². The van der Waals surface area contributed by atoms with Gasteiger partial charge in [-0.15, -0.1) is 0 Å². The molecule has 0 atom stereocenters. The van der Waals surface area contributed by atoms with Gasteiger partial charge in [-0.3, -0.25) is 4.79 Å². The molecule has 0 aliphatic carbocycles. The Hall–Kier alpha value is -1.75. The molecule has 0 saturated heterocycles. The molecule has 0 unspecified atom stereocenters. The van der Waals surface area contributed by atoms with E-state index >= 15 is 0 Å². The van der Waals surface area contributed by atoms with E-state index in [0.29, 0.717) is 19.5 Å². The quantitative estimate of drug-likeness (QED) is 0.740. The number of rotatable bonds is 6. The molecular weight excluding hydrogens is 232 g/mol. The van der Waals surface area contributed by atoms with Crippen LogP contribution in [0.3, 0.4) is 0 Å². The fraction of sp³-hybridized carbons (Fsp3) is 0.462. The second-order valence-electron chi connectivity index (χ2n) is 4.07. The fourth-order valence-corrected chi connectivity index (χ4v) is 1.72. The van der Waals surface area contributed by atoms with E-state index in [9.17, 15) is 4.79 Å². The van der Waals surface area contributed by atoms with Crippen LogP contribution < -0.4 is 20.1 Å². The van der Waals surface area contributed by atoms with Gasteiger partial charge in [0.25, 0.3) is 0 Å². The van der Waals surface area contributed by atoms with Crippen LogP contribution in [-0.2, 0) is 11.3 Å². The van der Waals surface area contributed by atoms with Crippen molar-refractivity contribution in [1.29, 1.82) is 0 Å². The summed E-state index contributed by atoms with van der Waals surface area (Å²) >= 11 is 0. The van der Waals surface area contributed by atoms with Gasteiger partial charge >= 0.3 is 0 Å². The molecule has 1 aromatic carbocycles. The van der Waals surface area contributed by atoms with Gasteiger partial charge in [0, 0.05) is 19.5 Å². The number of hydrogen-bond acceptors (Lipinski definition) is 4. The molecule has 0 bridgehead atoms. The molecular formula is C13H18N2O3. The molecule has 5 nitrogen and oxygen atoms in total. The van der Waals surface area contributed by atoms with Crippen molar-refractivity contribution < 1.29 is 14.3 Å². The molecule has 1 aliphatic rings. The van der Waals surface area contributed by atoms with Gasteiger partial charge < -0.3 is 20.1 Å². The molecule has 1 aromatic rings. The minimum absolute atomic E-state index is 0.0496.